The van der Waals surface area contributed by atoms with Gasteiger partial charge in [0.2, 0.25) is 0 Å². The lowest BCUT2D eigenvalue weighted by Crippen LogP contribution is -2.61. The Morgan fingerprint density at radius 1 is 0.466 bits per heavy atom. The van der Waals surface area contributed by atoms with E-state index in [4.69, 9.17) is 23.7 Å². The van der Waals surface area contributed by atoms with Crippen LogP contribution in [-0.4, -0.2) is 89.2 Å². The van der Waals surface area contributed by atoms with E-state index in [-0.39, 0.29) is 25.9 Å². The fourth-order valence-corrected chi connectivity index (χ4v) is 8.34. The van der Waals surface area contributed by atoms with E-state index >= 15 is 0 Å². The molecule has 1 rings (SSSR count). The number of unbranched alkanes of at least 4 members (excludes halogenated alkanes) is 22. The zero-order valence-electron chi connectivity index (χ0n) is 45.9. The van der Waals surface area contributed by atoms with E-state index in [0.29, 0.717) is 25.7 Å². The van der Waals surface area contributed by atoms with Crippen molar-refractivity contribution in [3.8, 4) is 0 Å². The van der Waals surface area contributed by atoms with Crippen molar-refractivity contribution in [2.24, 2.45) is 0 Å². The third-order valence-corrected chi connectivity index (χ3v) is 12.8. The lowest BCUT2D eigenvalue weighted by Gasteiger charge is -2.40. The fourth-order valence-electron chi connectivity index (χ4n) is 8.34. The first-order chi connectivity index (χ1) is 35.6. The maximum Gasteiger partial charge on any atom is 0.335 e. The highest BCUT2D eigenvalue weighted by molar-refractivity contribution is 5.74. The van der Waals surface area contributed by atoms with E-state index in [1.54, 1.807) is 0 Å². The van der Waals surface area contributed by atoms with Crippen molar-refractivity contribution >= 4 is 23.9 Å². The molecule has 1 aliphatic heterocycles. The van der Waals surface area contributed by atoms with Crippen LogP contribution in [0.15, 0.2) is 72.9 Å². The molecular weight excluding hydrogens is 925 g/mol. The molecule has 6 atom stereocenters. The van der Waals surface area contributed by atoms with Gasteiger partial charge >= 0.3 is 23.9 Å². The van der Waals surface area contributed by atoms with E-state index < -0.39 is 67.3 Å². The van der Waals surface area contributed by atoms with Crippen LogP contribution in [0.3, 0.4) is 0 Å². The van der Waals surface area contributed by atoms with Crippen LogP contribution in [0.2, 0.25) is 0 Å². The molecule has 0 aromatic heterocycles. The topological polar surface area (TPSA) is 175 Å². The van der Waals surface area contributed by atoms with Gasteiger partial charge in [0, 0.05) is 19.3 Å². The normalized spacial score (nSPS) is 18.8. The van der Waals surface area contributed by atoms with Crippen LogP contribution in [0, 0.1) is 0 Å². The molecule has 0 radical (unpaired) electrons. The third-order valence-electron chi connectivity index (χ3n) is 12.8. The van der Waals surface area contributed by atoms with Gasteiger partial charge in [-0.3, -0.25) is 14.4 Å². The summed E-state index contributed by atoms with van der Waals surface area (Å²) in [6.45, 7) is 5.80. The molecule has 73 heavy (non-hydrogen) atoms. The van der Waals surface area contributed by atoms with Gasteiger partial charge in [0.05, 0.1) is 6.61 Å². The average molecular weight is 1030 g/mol. The summed E-state index contributed by atoms with van der Waals surface area (Å²) >= 11 is 0. The molecule has 0 bridgehead atoms. The molecule has 1 aliphatic rings. The van der Waals surface area contributed by atoms with Crippen LogP contribution in [0.4, 0.5) is 0 Å². The Balaban J connectivity index is 2.74. The molecule has 12 heteroatoms. The number of esters is 3. The van der Waals surface area contributed by atoms with Crippen LogP contribution in [0.5, 0.6) is 0 Å². The van der Waals surface area contributed by atoms with Gasteiger partial charge in [-0.1, -0.05) is 209 Å². The van der Waals surface area contributed by atoms with Gasteiger partial charge < -0.3 is 39.0 Å². The lowest BCUT2D eigenvalue weighted by atomic mass is 9.98. The number of hydrogen-bond donors (Lipinski definition) is 3. The molecule has 418 valence electrons. The summed E-state index contributed by atoms with van der Waals surface area (Å²) < 4.78 is 28.3. The summed E-state index contributed by atoms with van der Waals surface area (Å²) in [6, 6.07) is 0. The minimum Gasteiger partial charge on any atom is -0.479 e. The van der Waals surface area contributed by atoms with E-state index in [0.717, 1.165) is 96.3 Å². The van der Waals surface area contributed by atoms with Crippen LogP contribution in [0.25, 0.3) is 0 Å². The Kier molecular flexibility index (Phi) is 45.1. The quantitative estimate of drug-likeness (QED) is 0.0228. The summed E-state index contributed by atoms with van der Waals surface area (Å²) in [5.41, 5.74) is 0. The number of carbonyl (C=O) groups excluding carboxylic acids is 3. The van der Waals surface area contributed by atoms with Gasteiger partial charge in [0.15, 0.2) is 24.6 Å². The van der Waals surface area contributed by atoms with Crippen LogP contribution in [0.1, 0.15) is 239 Å². The maximum atomic E-state index is 13.1. The number of allylic oxidation sites excluding steroid dienone is 12. The zero-order chi connectivity index (χ0) is 53.3. The average Bonchev–Trinajstić information content (AvgIpc) is 3.37. The standard InChI is InChI=1S/C61H102O12/c1-4-7-10-13-16-19-22-25-26-27-28-31-32-35-38-41-44-47-53(62)69-50-52(71-54(63)48-45-42-39-36-33-29-23-20-17-14-11-8-5-2)51-70-61-59(57(66)56(65)58(73-61)60(67)68)72-55(64)49-46-43-40-37-34-30-24-21-18-15-12-9-6-3/h7,10,16,19-20,23,25-26,28,31,35,38,52,56-59,61,65-66H,4-6,8-9,11-15,17-18,21-22,24,27,29-30,32-34,36-37,39-51H2,1-3H3,(H,67,68)/b10-7-,19-16-,23-20-,26-25-,31-28-,38-35-. The Hall–Kier alpha value is -3.84. The second kappa shape index (κ2) is 49.1. The first kappa shape index (κ1) is 67.2. The summed E-state index contributed by atoms with van der Waals surface area (Å²) in [5, 5.41) is 31.4. The monoisotopic (exact) mass is 1030 g/mol. The van der Waals surface area contributed by atoms with E-state index in [1.807, 2.05) is 6.08 Å². The van der Waals surface area contributed by atoms with Crippen molar-refractivity contribution in [3.63, 3.8) is 0 Å². The lowest BCUT2D eigenvalue weighted by molar-refractivity contribution is -0.301. The first-order valence-electron chi connectivity index (χ1n) is 28.9. The van der Waals surface area contributed by atoms with E-state index in [2.05, 4.69) is 87.6 Å². The van der Waals surface area contributed by atoms with Crippen molar-refractivity contribution in [2.75, 3.05) is 13.2 Å². The third kappa shape index (κ3) is 39.3. The molecule has 3 N–H and O–H groups in total. The Bertz CT molecular complexity index is 1550. The number of aliphatic carboxylic acids is 1. The molecule has 1 heterocycles. The summed E-state index contributed by atoms with van der Waals surface area (Å²) in [5.74, 6) is -3.20. The number of rotatable bonds is 48. The first-order valence-corrected chi connectivity index (χ1v) is 28.9. The molecule has 0 amide bonds. The number of aliphatic hydroxyl groups excluding tert-OH is 2. The molecular formula is C61H102O12. The zero-order valence-corrected chi connectivity index (χ0v) is 45.9. The molecule has 0 aliphatic carbocycles. The molecule has 12 nitrogen and oxygen atoms in total. The van der Waals surface area contributed by atoms with Crippen molar-refractivity contribution < 1.29 is 58.2 Å². The summed E-state index contributed by atoms with van der Waals surface area (Å²) in [4.78, 5) is 51.0. The highest BCUT2D eigenvalue weighted by atomic mass is 16.7. The Morgan fingerprint density at radius 3 is 1.38 bits per heavy atom. The van der Waals surface area contributed by atoms with Crippen molar-refractivity contribution in [1.82, 2.24) is 0 Å². The van der Waals surface area contributed by atoms with Crippen LogP contribution in [-0.2, 0) is 42.9 Å². The number of hydrogen-bond acceptors (Lipinski definition) is 11. The van der Waals surface area contributed by atoms with Crippen LogP contribution < -0.4 is 0 Å². The Morgan fingerprint density at radius 2 is 0.877 bits per heavy atom. The minimum atomic E-state index is -1.91. The van der Waals surface area contributed by atoms with E-state index in [9.17, 15) is 34.5 Å². The fraction of sp³-hybridized carbons (Fsp3) is 0.738. The molecule has 0 aromatic carbocycles. The number of carbonyl (C=O) groups is 4. The van der Waals surface area contributed by atoms with Crippen molar-refractivity contribution in [2.45, 2.75) is 276 Å². The number of aliphatic hydroxyl groups is 2. The molecule has 6 unspecified atom stereocenters. The van der Waals surface area contributed by atoms with Gasteiger partial charge in [-0.25, -0.2) is 4.79 Å². The van der Waals surface area contributed by atoms with Gasteiger partial charge in [0.1, 0.15) is 18.8 Å². The summed E-state index contributed by atoms with van der Waals surface area (Å²) in [7, 11) is 0. The predicted octanol–water partition coefficient (Wildman–Crippen LogP) is 14.6. The van der Waals surface area contributed by atoms with Gasteiger partial charge in [-0.05, 0) is 83.5 Å². The van der Waals surface area contributed by atoms with Crippen LogP contribution >= 0.6 is 0 Å². The number of carboxylic acid groups (broad SMARTS) is 1. The molecule has 0 spiro atoms. The highest BCUT2D eigenvalue weighted by Crippen LogP contribution is 2.26. The second-order valence-corrected chi connectivity index (χ2v) is 19.5. The van der Waals surface area contributed by atoms with E-state index in [1.165, 1.54) is 77.0 Å². The Labute approximate surface area is 442 Å². The SMILES string of the molecule is CC/C=C\C/C=C\C/C=C\C/C=C\C/C=C\CCCC(=O)OCC(COC1OC(C(=O)O)C(O)C(O)C1OC(=O)CCCCCCCCCCCCCCC)OC(=O)CCCCCCC/C=C\CCCCCC. The predicted molar refractivity (Wildman–Crippen MR) is 294 cm³/mol. The second-order valence-electron chi connectivity index (χ2n) is 19.5. The summed E-state index contributed by atoms with van der Waals surface area (Å²) in [6.07, 6.45) is 48.8. The molecule has 0 aromatic rings. The molecule has 0 saturated carbocycles. The minimum absolute atomic E-state index is 0.0552. The van der Waals surface area contributed by atoms with Crippen molar-refractivity contribution in [1.29, 1.82) is 0 Å². The highest BCUT2D eigenvalue weighted by Gasteiger charge is 2.50. The maximum absolute atomic E-state index is 13.1. The smallest absolute Gasteiger partial charge is 0.335 e. The van der Waals surface area contributed by atoms with Crippen molar-refractivity contribution in [3.05, 3.63) is 72.9 Å². The largest absolute Gasteiger partial charge is 0.479 e. The molecule has 1 fully saturated rings. The molecule has 1 saturated heterocycles. The van der Waals surface area contributed by atoms with Gasteiger partial charge in [-0.15, -0.1) is 0 Å². The number of carboxylic acids is 1. The van der Waals surface area contributed by atoms with Gasteiger partial charge in [-0.2, -0.15) is 0 Å². The van der Waals surface area contributed by atoms with Gasteiger partial charge in [0.25, 0.3) is 0 Å². The number of ether oxygens (including phenoxy) is 5.